The quantitative estimate of drug-likeness (QED) is 0.251. The molecule has 0 N–H and O–H groups in total. The average molecular weight is 407 g/mol. The Labute approximate surface area is 149 Å². The summed E-state index contributed by atoms with van der Waals surface area (Å²) < 4.78 is 107. The van der Waals surface area contributed by atoms with Gasteiger partial charge in [-0.05, 0) is 20.8 Å². The van der Waals surface area contributed by atoms with Crippen molar-refractivity contribution in [2.45, 2.75) is 52.4 Å². The number of carbonyl (C=O) groups excluding carboxylic acids is 2. The molecule has 0 aliphatic rings. The third-order valence-electron chi connectivity index (χ3n) is 3.55. The number of aliphatic imine (C=N–C) groups is 1. The molecule has 0 atom stereocenters. The number of ketones is 2. The highest BCUT2D eigenvalue weighted by atomic mass is 19.4. The lowest BCUT2D eigenvalue weighted by Crippen LogP contribution is -2.32. The van der Waals surface area contributed by atoms with Crippen LogP contribution in [-0.4, -0.2) is 35.6 Å². The molecule has 0 rings (SSSR count). The molecule has 0 saturated carbocycles. The van der Waals surface area contributed by atoms with E-state index in [0.717, 1.165) is 6.92 Å². The summed E-state index contributed by atoms with van der Waals surface area (Å²) in [4.78, 5) is 25.9. The fourth-order valence-electron chi connectivity index (χ4n) is 2.08. The maximum absolute atomic E-state index is 13.6. The topological polar surface area (TPSA) is 46.5 Å². The molecule has 3 nitrogen and oxygen atoms in total. The van der Waals surface area contributed by atoms with Crippen molar-refractivity contribution in [2.75, 3.05) is 0 Å². The smallest absolute Gasteiger partial charge is 0.299 e. The number of Topliss-reactive ketones (excluding diaryl/α,β-unsaturated/α-hetero) is 2. The van der Waals surface area contributed by atoms with Crippen LogP contribution in [0.1, 0.15) is 34.1 Å². The van der Waals surface area contributed by atoms with Gasteiger partial charge in [-0.2, -0.15) is 26.3 Å². The van der Waals surface area contributed by atoms with Gasteiger partial charge in [-0.3, -0.25) is 9.59 Å². The van der Waals surface area contributed by atoms with E-state index in [1.165, 1.54) is 0 Å². The van der Waals surface area contributed by atoms with Crippen molar-refractivity contribution >= 4 is 17.3 Å². The van der Waals surface area contributed by atoms with Crippen LogP contribution in [0.25, 0.3) is 0 Å². The molecule has 0 saturated heterocycles. The van der Waals surface area contributed by atoms with E-state index in [1.807, 2.05) is 0 Å². The Hall–Kier alpha value is -2.07. The lowest BCUT2D eigenvalue weighted by atomic mass is 9.85. The van der Waals surface area contributed by atoms with Crippen molar-refractivity contribution in [3.63, 3.8) is 0 Å². The van der Waals surface area contributed by atoms with E-state index in [-0.39, 0.29) is 0 Å². The van der Waals surface area contributed by atoms with Gasteiger partial charge in [0.15, 0.2) is 0 Å². The van der Waals surface area contributed by atoms with Crippen LogP contribution >= 0.6 is 0 Å². The maximum Gasteiger partial charge on any atom is 0.433 e. The normalized spacial score (nSPS) is 14.9. The molecule has 0 spiro atoms. The van der Waals surface area contributed by atoms with Crippen molar-refractivity contribution in [1.82, 2.24) is 0 Å². The Kier molecular flexibility index (Phi) is 7.67. The fourth-order valence-corrected chi connectivity index (χ4v) is 2.08. The Balaban J connectivity index is 7.24. The van der Waals surface area contributed by atoms with Gasteiger partial charge in [0.2, 0.25) is 0 Å². The summed E-state index contributed by atoms with van der Waals surface area (Å²) in [5, 5.41) is 0. The minimum atomic E-state index is -5.67. The Morgan fingerprint density at radius 2 is 1.30 bits per heavy atom. The summed E-state index contributed by atoms with van der Waals surface area (Å²) in [5.41, 5.74) is -7.88. The lowest BCUT2D eigenvalue weighted by Gasteiger charge is -2.24. The van der Waals surface area contributed by atoms with E-state index in [2.05, 4.69) is 11.6 Å². The summed E-state index contributed by atoms with van der Waals surface area (Å²) in [6, 6.07) is 0. The van der Waals surface area contributed by atoms with Crippen LogP contribution in [0.15, 0.2) is 28.4 Å². The molecular weight excluding hydrogens is 390 g/mol. The van der Waals surface area contributed by atoms with Gasteiger partial charge in [-0.25, -0.2) is 13.8 Å². The predicted molar refractivity (Wildman–Crippen MR) is 81.5 cm³/mol. The minimum Gasteiger partial charge on any atom is -0.299 e. The van der Waals surface area contributed by atoms with E-state index in [1.54, 1.807) is 0 Å². The Morgan fingerprint density at radius 3 is 1.56 bits per heavy atom. The molecule has 0 aliphatic heterocycles. The van der Waals surface area contributed by atoms with Crippen LogP contribution in [0.3, 0.4) is 0 Å². The average Bonchev–Trinajstić information content (AvgIpc) is 2.46. The molecule has 11 heteroatoms. The van der Waals surface area contributed by atoms with E-state index in [0.29, 0.717) is 20.8 Å². The monoisotopic (exact) mass is 407 g/mol. The summed E-state index contributed by atoms with van der Waals surface area (Å²) in [7, 11) is 0. The first-order chi connectivity index (χ1) is 11.9. The molecule has 0 radical (unpaired) electrons. The molecule has 0 amide bonds. The molecule has 154 valence electrons. The first kappa shape index (κ1) is 24.9. The molecule has 0 bridgehead atoms. The second kappa shape index (κ2) is 8.30. The van der Waals surface area contributed by atoms with E-state index in [9.17, 15) is 44.7 Å². The zero-order valence-corrected chi connectivity index (χ0v) is 14.8. The number of hydrogen-bond acceptors (Lipinski definition) is 3. The molecule has 0 aromatic heterocycles. The number of allylic oxidation sites excluding steroid dienone is 3. The molecular formula is C16H17F8NO2. The fraction of sp³-hybridized carbons (Fsp3) is 0.562. The minimum absolute atomic E-state index is 0.500. The zero-order valence-electron chi connectivity index (χ0n) is 14.8. The number of hydrogen-bond donors (Lipinski definition) is 0. The third-order valence-corrected chi connectivity index (χ3v) is 3.55. The van der Waals surface area contributed by atoms with Gasteiger partial charge in [0.05, 0.1) is 11.3 Å². The van der Waals surface area contributed by atoms with E-state index >= 15 is 0 Å². The number of carbonyl (C=O) groups is 2. The van der Waals surface area contributed by atoms with Gasteiger partial charge < -0.3 is 0 Å². The molecule has 0 aromatic carbocycles. The molecule has 0 aliphatic carbocycles. The number of halogens is 8. The highest BCUT2D eigenvalue weighted by Gasteiger charge is 2.47. The highest BCUT2D eigenvalue weighted by molar-refractivity contribution is 6.04. The van der Waals surface area contributed by atoms with Gasteiger partial charge in [0.1, 0.15) is 23.2 Å². The Bertz CT molecular complexity index is 670. The number of alkyl halides is 8. The van der Waals surface area contributed by atoms with Crippen LogP contribution in [-0.2, 0) is 9.59 Å². The van der Waals surface area contributed by atoms with E-state index < -0.39 is 64.7 Å². The predicted octanol–water partition coefficient (Wildman–Crippen LogP) is 5.22. The standard InChI is InChI=1S/C16H17F8NO2/c1-6-14(17,18)10(5)25-13(16(22,23)24)11(7(2)15(19,20)21)12(8(3)26)9(4)27/h12H,2,6H2,1,3-5H3/b13-11+,25-10?. The lowest BCUT2D eigenvalue weighted by molar-refractivity contribution is -0.129. The largest absolute Gasteiger partial charge is 0.433 e. The second-order valence-electron chi connectivity index (χ2n) is 5.65. The van der Waals surface area contributed by atoms with Crippen LogP contribution in [0.4, 0.5) is 35.1 Å². The van der Waals surface area contributed by atoms with Crippen molar-refractivity contribution in [3.8, 4) is 0 Å². The van der Waals surface area contributed by atoms with Gasteiger partial charge in [-0.1, -0.05) is 13.5 Å². The first-order valence-corrected chi connectivity index (χ1v) is 7.40. The molecule has 0 unspecified atom stereocenters. The van der Waals surface area contributed by atoms with Gasteiger partial charge in [0, 0.05) is 12.0 Å². The number of nitrogens with zero attached hydrogens (tertiary/aromatic N) is 1. The maximum atomic E-state index is 13.6. The molecule has 0 heterocycles. The third kappa shape index (κ3) is 6.24. The van der Waals surface area contributed by atoms with Gasteiger partial charge in [0.25, 0.3) is 5.92 Å². The molecule has 27 heavy (non-hydrogen) atoms. The molecule has 0 fully saturated rings. The van der Waals surface area contributed by atoms with Crippen molar-refractivity contribution in [2.24, 2.45) is 10.9 Å². The first-order valence-electron chi connectivity index (χ1n) is 7.40. The van der Waals surface area contributed by atoms with Crippen molar-refractivity contribution in [3.05, 3.63) is 23.4 Å². The van der Waals surface area contributed by atoms with Crippen LogP contribution in [0.2, 0.25) is 0 Å². The summed E-state index contributed by atoms with van der Waals surface area (Å²) in [6.45, 7) is 5.12. The summed E-state index contributed by atoms with van der Waals surface area (Å²) in [5.74, 6) is -9.05. The van der Waals surface area contributed by atoms with Crippen molar-refractivity contribution in [1.29, 1.82) is 0 Å². The second-order valence-corrected chi connectivity index (χ2v) is 5.65. The van der Waals surface area contributed by atoms with Crippen LogP contribution in [0, 0.1) is 5.92 Å². The SMILES string of the molecule is C=C(/C(=C(\N=C(C)C(F)(F)CC)C(F)(F)F)C(C(C)=O)C(C)=O)C(F)(F)F. The van der Waals surface area contributed by atoms with E-state index in [4.69, 9.17) is 0 Å². The van der Waals surface area contributed by atoms with Crippen LogP contribution < -0.4 is 0 Å². The summed E-state index contributed by atoms with van der Waals surface area (Å²) in [6.07, 6.45) is -12.1. The zero-order chi connectivity index (χ0) is 22.0. The van der Waals surface area contributed by atoms with Crippen molar-refractivity contribution < 1.29 is 44.7 Å². The molecule has 0 aromatic rings. The van der Waals surface area contributed by atoms with Gasteiger partial charge >= 0.3 is 12.4 Å². The Morgan fingerprint density at radius 1 is 0.889 bits per heavy atom. The van der Waals surface area contributed by atoms with Gasteiger partial charge in [-0.15, -0.1) is 0 Å². The van der Waals surface area contributed by atoms with Crippen LogP contribution in [0.5, 0.6) is 0 Å². The number of rotatable bonds is 7. The highest BCUT2D eigenvalue weighted by Crippen LogP contribution is 2.42. The summed E-state index contributed by atoms with van der Waals surface area (Å²) >= 11 is 0.